The molecular weight excluding hydrogens is 251 g/mol. The van der Waals surface area contributed by atoms with E-state index in [-0.39, 0.29) is 0 Å². The minimum Gasteiger partial charge on any atom is -0.383 e. The van der Waals surface area contributed by atoms with Gasteiger partial charge < -0.3 is 5.11 Å². The molecule has 0 saturated carbocycles. The van der Waals surface area contributed by atoms with Gasteiger partial charge in [0.25, 0.3) is 5.91 Å². The highest BCUT2D eigenvalue weighted by molar-refractivity contribution is 6.36. The second-order valence-corrected chi connectivity index (χ2v) is 3.92. The molecule has 1 aromatic carbocycles. The van der Waals surface area contributed by atoms with E-state index in [1.54, 1.807) is 18.2 Å². The van der Waals surface area contributed by atoms with Gasteiger partial charge in [-0.05, 0) is 19.1 Å². The van der Waals surface area contributed by atoms with Crippen LogP contribution in [0.5, 0.6) is 0 Å². The molecule has 0 aromatic heterocycles. The van der Waals surface area contributed by atoms with Crippen LogP contribution in [0.1, 0.15) is 12.5 Å². The van der Waals surface area contributed by atoms with Crippen molar-refractivity contribution in [2.45, 2.75) is 13.0 Å². The Labute approximate surface area is 103 Å². The lowest BCUT2D eigenvalue weighted by Gasteiger charge is -2.01. The Hall–Kier alpha value is -1.10. The van der Waals surface area contributed by atoms with Crippen LogP contribution in [0.2, 0.25) is 10.0 Å². The van der Waals surface area contributed by atoms with Gasteiger partial charge >= 0.3 is 0 Å². The molecule has 4 nitrogen and oxygen atoms in total. The van der Waals surface area contributed by atoms with Crippen LogP contribution >= 0.6 is 23.2 Å². The molecule has 0 spiro atoms. The Morgan fingerprint density at radius 1 is 1.56 bits per heavy atom. The van der Waals surface area contributed by atoms with Gasteiger partial charge in [-0.15, -0.1) is 0 Å². The minimum absolute atomic E-state index is 0.433. The molecule has 16 heavy (non-hydrogen) atoms. The molecule has 6 heteroatoms. The molecule has 0 aliphatic heterocycles. The zero-order chi connectivity index (χ0) is 12.1. The first-order valence-corrected chi connectivity index (χ1v) is 5.22. The lowest BCUT2D eigenvalue weighted by Crippen LogP contribution is -2.28. The lowest BCUT2D eigenvalue weighted by molar-refractivity contribution is -0.128. The van der Waals surface area contributed by atoms with Crippen molar-refractivity contribution in [3.63, 3.8) is 0 Å². The van der Waals surface area contributed by atoms with Crippen molar-refractivity contribution in [3.8, 4) is 0 Å². The first-order chi connectivity index (χ1) is 7.50. The maximum absolute atomic E-state index is 10.9. The maximum Gasteiger partial charge on any atom is 0.268 e. The SMILES string of the molecule is C[C@H](O)C(=O)N/N=C\c1ccc(Cl)cc1Cl. The van der Waals surface area contributed by atoms with E-state index in [0.717, 1.165) is 0 Å². The Bertz CT molecular complexity index is 419. The van der Waals surface area contributed by atoms with Gasteiger partial charge in [0.15, 0.2) is 0 Å². The average molecular weight is 261 g/mol. The number of aliphatic hydroxyl groups is 1. The highest BCUT2D eigenvalue weighted by Crippen LogP contribution is 2.19. The van der Waals surface area contributed by atoms with Crippen molar-refractivity contribution in [1.82, 2.24) is 5.43 Å². The first kappa shape index (κ1) is 13.0. The third-order valence-electron chi connectivity index (χ3n) is 1.72. The number of aliphatic hydroxyl groups excluding tert-OH is 1. The quantitative estimate of drug-likeness (QED) is 0.644. The number of benzene rings is 1. The average Bonchev–Trinajstić information content (AvgIpc) is 2.20. The number of hydrazone groups is 1. The minimum atomic E-state index is -1.10. The third-order valence-corrected chi connectivity index (χ3v) is 2.28. The van der Waals surface area contributed by atoms with Crippen LogP contribution in [0, 0.1) is 0 Å². The zero-order valence-electron chi connectivity index (χ0n) is 8.45. The van der Waals surface area contributed by atoms with Crippen LogP contribution in [0.15, 0.2) is 23.3 Å². The standard InChI is InChI=1S/C10H10Cl2N2O2/c1-6(15)10(16)14-13-5-7-2-3-8(11)4-9(7)12/h2-6,15H,1H3,(H,14,16)/b13-5-/t6-/m0/s1. The van der Waals surface area contributed by atoms with Gasteiger partial charge in [0.1, 0.15) is 6.10 Å². The van der Waals surface area contributed by atoms with Gasteiger partial charge in [-0.25, -0.2) is 5.43 Å². The molecule has 1 amide bonds. The Morgan fingerprint density at radius 2 is 2.25 bits per heavy atom. The number of nitrogens with zero attached hydrogens (tertiary/aromatic N) is 1. The van der Waals surface area contributed by atoms with Crippen LogP contribution in [0.4, 0.5) is 0 Å². The van der Waals surface area contributed by atoms with E-state index in [9.17, 15) is 4.79 Å². The molecule has 0 bridgehead atoms. The summed E-state index contributed by atoms with van der Waals surface area (Å²) in [6, 6.07) is 4.90. The van der Waals surface area contributed by atoms with Crippen molar-refractivity contribution in [2.24, 2.45) is 5.10 Å². The van der Waals surface area contributed by atoms with E-state index in [1.165, 1.54) is 13.1 Å². The van der Waals surface area contributed by atoms with Crippen molar-refractivity contribution in [1.29, 1.82) is 0 Å². The third kappa shape index (κ3) is 3.81. The van der Waals surface area contributed by atoms with Crippen LogP contribution in [0.3, 0.4) is 0 Å². The molecule has 1 rings (SSSR count). The Morgan fingerprint density at radius 3 is 2.81 bits per heavy atom. The van der Waals surface area contributed by atoms with E-state index < -0.39 is 12.0 Å². The van der Waals surface area contributed by atoms with E-state index >= 15 is 0 Å². The molecule has 0 unspecified atom stereocenters. The highest BCUT2D eigenvalue weighted by Gasteiger charge is 2.06. The van der Waals surface area contributed by atoms with Gasteiger partial charge in [0, 0.05) is 10.6 Å². The van der Waals surface area contributed by atoms with Gasteiger partial charge in [-0.2, -0.15) is 5.10 Å². The zero-order valence-corrected chi connectivity index (χ0v) is 9.96. The number of amides is 1. The lowest BCUT2D eigenvalue weighted by atomic mass is 10.2. The molecule has 0 aliphatic rings. The summed E-state index contributed by atoms with van der Waals surface area (Å²) in [6.45, 7) is 1.35. The van der Waals surface area contributed by atoms with Gasteiger partial charge in [0.2, 0.25) is 0 Å². The predicted molar refractivity (Wildman–Crippen MR) is 63.9 cm³/mol. The second-order valence-electron chi connectivity index (χ2n) is 3.08. The van der Waals surface area contributed by atoms with Crippen molar-refractivity contribution in [2.75, 3.05) is 0 Å². The van der Waals surface area contributed by atoms with Crippen molar-refractivity contribution >= 4 is 35.3 Å². The molecule has 0 aliphatic carbocycles. The fraction of sp³-hybridized carbons (Fsp3) is 0.200. The summed E-state index contributed by atoms with van der Waals surface area (Å²) in [5.74, 6) is -0.582. The largest absolute Gasteiger partial charge is 0.383 e. The monoisotopic (exact) mass is 260 g/mol. The first-order valence-electron chi connectivity index (χ1n) is 4.46. The van der Waals surface area contributed by atoms with E-state index in [1.807, 2.05) is 0 Å². The number of rotatable bonds is 3. The number of hydrogen-bond acceptors (Lipinski definition) is 3. The van der Waals surface area contributed by atoms with Gasteiger partial charge in [0.05, 0.1) is 11.2 Å². The number of nitrogens with one attached hydrogen (secondary N) is 1. The number of hydrogen-bond donors (Lipinski definition) is 2. The fourth-order valence-corrected chi connectivity index (χ4v) is 1.32. The van der Waals surface area contributed by atoms with E-state index in [0.29, 0.717) is 15.6 Å². The molecule has 0 saturated heterocycles. The van der Waals surface area contributed by atoms with Crippen LogP contribution in [-0.4, -0.2) is 23.3 Å². The van der Waals surface area contributed by atoms with Crippen LogP contribution in [0.25, 0.3) is 0 Å². The number of carbonyl (C=O) groups excluding carboxylic acids is 1. The van der Waals surface area contributed by atoms with E-state index in [4.69, 9.17) is 28.3 Å². The molecule has 86 valence electrons. The van der Waals surface area contributed by atoms with Crippen LogP contribution in [-0.2, 0) is 4.79 Å². The maximum atomic E-state index is 10.9. The predicted octanol–water partition coefficient (Wildman–Crippen LogP) is 1.82. The molecular formula is C10H10Cl2N2O2. The molecule has 1 aromatic rings. The normalized spacial score (nSPS) is 12.8. The second kappa shape index (κ2) is 5.84. The van der Waals surface area contributed by atoms with Crippen LogP contribution < -0.4 is 5.43 Å². The number of carbonyl (C=O) groups is 1. The van der Waals surface area contributed by atoms with Gasteiger partial charge in [-0.3, -0.25) is 4.79 Å². The van der Waals surface area contributed by atoms with Crippen molar-refractivity contribution in [3.05, 3.63) is 33.8 Å². The summed E-state index contributed by atoms with van der Waals surface area (Å²) in [7, 11) is 0. The topological polar surface area (TPSA) is 61.7 Å². The fourth-order valence-electron chi connectivity index (χ4n) is 0.865. The molecule has 0 fully saturated rings. The number of halogens is 2. The molecule has 0 heterocycles. The summed E-state index contributed by atoms with van der Waals surface area (Å²) in [5, 5.41) is 13.5. The molecule has 2 N–H and O–H groups in total. The summed E-state index contributed by atoms with van der Waals surface area (Å²) in [6.07, 6.45) is 0.275. The smallest absolute Gasteiger partial charge is 0.268 e. The summed E-state index contributed by atoms with van der Waals surface area (Å²) in [4.78, 5) is 10.9. The molecule has 1 atom stereocenters. The Kier molecular flexibility index (Phi) is 4.73. The van der Waals surface area contributed by atoms with E-state index in [2.05, 4.69) is 10.5 Å². The Balaban J connectivity index is 2.66. The summed E-state index contributed by atoms with van der Waals surface area (Å²) >= 11 is 11.6. The molecule has 0 radical (unpaired) electrons. The van der Waals surface area contributed by atoms with Gasteiger partial charge in [-0.1, -0.05) is 29.3 Å². The summed E-state index contributed by atoms with van der Waals surface area (Å²) in [5.41, 5.74) is 2.78. The highest BCUT2D eigenvalue weighted by atomic mass is 35.5. The summed E-state index contributed by atoms with van der Waals surface area (Å²) < 4.78 is 0. The van der Waals surface area contributed by atoms with Crippen molar-refractivity contribution < 1.29 is 9.90 Å².